The van der Waals surface area contributed by atoms with Gasteiger partial charge < -0.3 is 14.9 Å². The minimum absolute atomic E-state index is 0.501. The summed E-state index contributed by atoms with van der Waals surface area (Å²) in [6.45, 7) is -1.45. The van der Waals surface area contributed by atoms with Gasteiger partial charge in [-0.1, -0.05) is 0 Å². The van der Waals surface area contributed by atoms with Crippen LogP contribution in [0.2, 0.25) is 0 Å². The van der Waals surface area contributed by atoms with Crippen molar-refractivity contribution in [1.82, 2.24) is 4.98 Å². The number of carbonyl (C=O) groups is 1. The Morgan fingerprint density at radius 1 is 1.39 bits per heavy atom. The fraction of sp³-hybridized carbons (Fsp3) is 0.333. The van der Waals surface area contributed by atoms with Crippen LogP contribution >= 0.6 is 0 Å². The first-order chi connectivity index (χ1) is 8.24. The molecule has 2 N–H and O–H groups in total. The lowest BCUT2D eigenvalue weighted by Crippen LogP contribution is -2.19. The first kappa shape index (κ1) is 14.0. The van der Waals surface area contributed by atoms with Crippen LogP contribution < -0.4 is 4.74 Å². The van der Waals surface area contributed by atoms with Crippen molar-refractivity contribution >= 4 is 5.97 Å². The molecular formula is C9H7F4NO4. The summed E-state index contributed by atoms with van der Waals surface area (Å²) < 4.78 is 52.1. The maximum atomic E-state index is 12.7. The molecule has 0 unspecified atom stereocenters. The molecule has 0 aromatic carbocycles. The van der Waals surface area contributed by atoms with E-state index in [0.29, 0.717) is 6.20 Å². The van der Waals surface area contributed by atoms with Gasteiger partial charge in [0.25, 0.3) is 0 Å². The highest BCUT2D eigenvalue weighted by Gasteiger charge is 2.34. The van der Waals surface area contributed by atoms with Crippen molar-refractivity contribution in [3.8, 4) is 11.6 Å². The summed E-state index contributed by atoms with van der Waals surface area (Å²) in [5, 5.41) is 17.8. The molecule has 5 nitrogen and oxygen atoms in total. The Labute approximate surface area is 97.6 Å². The smallest absolute Gasteiger partial charge is 0.506 e. The quantitative estimate of drug-likeness (QED) is 0.814. The van der Waals surface area contributed by atoms with Crippen molar-refractivity contribution in [2.24, 2.45) is 0 Å². The van der Waals surface area contributed by atoms with Gasteiger partial charge in [0.2, 0.25) is 5.88 Å². The molecular weight excluding hydrogens is 262 g/mol. The molecule has 1 heterocycles. The van der Waals surface area contributed by atoms with E-state index in [0.717, 1.165) is 0 Å². The maximum absolute atomic E-state index is 12.7. The minimum atomic E-state index is -5.09. The van der Waals surface area contributed by atoms with E-state index in [-0.39, 0.29) is 0 Å². The molecule has 0 amide bonds. The van der Waals surface area contributed by atoms with Crippen molar-refractivity contribution in [3.63, 3.8) is 0 Å². The Balaban J connectivity index is 3.24. The topological polar surface area (TPSA) is 79.7 Å². The molecule has 0 radical (unpaired) electrons. The Morgan fingerprint density at radius 2 is 2.00 bits per heavy atom. The van der Waals surface area contributed by atoms with Crippen molar-refractivity contribution in [2.75, 3.05) is 0 Å². The molecule has 0 saturated carbocycles. The number of carboxylic acid groups (broad SMARTS) is 1. The van der Waals surface area contributed by atoms with Gasteiger partial charge >= 0.3 is 12.3 Å². The third-order valence-electron chi connectivity index (χ3n) is 1.91. The second kappa shape index (κ2) is 5.07. The number of carboxylic acids is 1. The maximum Gasteiger partial charge on any atom is 0.574 e. The largest absolute Gasteiger partial charge is 0.574 e. The fourth-order valence-corrected chi connectivity index (χ4v) is 1.24. The zero-order valence-electron chi connectivity index (χ0n) is 8.66. The highest BCUT2D eigenvalue weighted by Crippen LogP contribution is 2.32. The number of aliphatic carboxylic acids is 1. The average molecular weight is 269 g/mol. The number of alkyl halides is 4. The molecule has 0 bridgehead atoms. The van der Waals surface area contributed by atoms with Crippen LogP contribution in [-0.2, 0) is 17.9 Å². The number of aromatic nitrogens is 1. The zero-order valence-corrected chi connectivity index (χ0v) is 8.66. The van der Waals surface area contributed by atoms with E-state index in [4.69, 9.17) is 5.11 Å². The number of pyridine rings is 1. The molecule has 0 fully saturated rings. The lowest BCUT2D eigenvalue weighted by Gasteiger charge is -2.13. The predicted octanol–water partition coefficient (Wildman–Crippen LogP) is 1.78. The van der Waals surface area contributed by atoms with Crippen LogP contribution in [0, 0.1) is 0 Å². The Hall–Kier alpha value is -2.06. The van der Waals surface area contributed by atoms with Gasteiger partial charge in [-0.2, -0.15) is 0 Å². The third kappa shape index (κ3) is 3.47. The first-order valence-electron chi connectivity index (χ1n) is 4.47. The molecule has 100 valence electrons. The Kier molecular flexibility index (Phi) is 3.94. The zero-order chi connectivity index (χ0) is 13.9. The van der Waals surface area contributed by atoms with Gasteiger partial charge in [-0.3, -0.25) is 4.79 Å². The molecule has 0 atom stereocenters. The number of halogens is 4. The molecule has 1 aromatic heterocycles. The van der Waals surface area contributed by atoms with E-state index in [1.165, 1.54) is 0 Å². The minimum Gasteiger partial charge on any atom is -0.506 e. The molecule has 0 saturated heterocycles. The van der Waals surface area contributed by atoms with Crippen LogP contribution in [-0.4, -0.2) is 27.5 Å². The molecule has 1 rings (SSSR count). The van der Waals surface area contributed by atoms with E-state index in [9.17, 15) is 27.5 Å². The van der Waals surface area contributed by atoms with Crippen molar-refractivity contribution in [1.29, 1.82) is 0 Å². The number of ether oxygens (including phenoxy) is 1. The molecule has 1 aromatic rings. The SMILES string of the molecule is O=C(O)Cc1c(O)cnc(OC(F)(F)F)c1CF. The second-order valence-corrected chi connectivity index (χ2v) is 3.16. The normalized spacial score (nSPS) is 11.3. The molecule has 9 heteroatoms. The summed E-state index contributed by atoms with van der Waals surface area (Å²) in [5.41, 5.74) is -1.24. The summed E-state index contributed by atoms with van der Waals surface area (Å²) >= 11 is 0. The summed E-state index contributed by atoms with van der Waals surface area (Å²) in [7, 11) is 0. The highest BCUT2D eigenvalue weighted by molar-refractivity contribution is 5.72. The van der Waals surface area contributed by atoms with Crippen molar-refractivity contribution in [2.45, 2.75) is 19.5 Å². The van der Waals surface area contributed by atoms with E-state index >= 15 is 0 Å². The fourth-order valence-electron chi connectivity index (χ4n) is 1.24. The molecule has 0 spiro atoms. The van der Waals surface area contributed by atoms with Crippen LogP contribution in [0.1, 0.15) is 11.1 Å². The van der Waals surface area contributed by atoms with E-state index in [1.807, 2.05) is 0 Å². The van der Waals surface area contributed by atoms with Crippen LogP contribution in [0.3, 0.4) is 0 Å². The summed E-state index contributed by atoms with van der Waals surface area (Å²) in [5.74, 6) is -3.26. The van der Waals surface area contributed by atoms with E-state index < -0.39 is 48.2 Å². The number of rotatable bonds is 4. The Morgan fingerprint density at radius 3 is 2.44 bits per heavy atom. The van der Waals surface area contributed by atoms with Crippen molar-refractivity contribution < 1.29 is 37.3 Å². The van der Waals surface area contributed by atoms with Crippen LogP contribution in [0.25, 0.3) is 0 Å². The molecule has 0 aliphatic rings. The molecule has 18 heavy (non-hydrogen) atoms. The van der Waals surface area contributed by atoms with Crippen LogP contribution in [0.4, 0.5) is 17.6 Å². The van der Waals surface area contributed by atoms with Gasteiger partial charge in [0, 0.05) is 5.56 Å². The van der Waals surface area contributed by atoms with E-state index in [2.05, 4.69) is 9.72 Å². The predicted molar refractivity (Wildman–Crippen MR) is 48.7 cm³/mol. The van der Waals surface area contributed by atoms with Gasteiger partial charge in [0.15, 0.2) is 0 Å². The van der Waals surface area contributed by atoms with Gasteiger partial charge in [0.05, 0.1) is 18.2 Å². The number of aromatic hydroxyl groups is 1. The van der Waals surface area contributed by atoms with Crippen LogP contribution in [0.5, 0.6) is 11.6 Å². The number of hydrogen-bond acceptors (Lipinski definition) is 4. The van der Waals surface area contributed by atoms with Gasteiger partial charge in [0.1, 0.15) is 12.4 Å². The van der Waals surface area contributed by atoms with Gasteiger partial charge in [-0.15, -0.1) is 13.2 Å². The molecule has 0 aliphatic heterocycles. The highest BCUT2D eigenvalue weighted by atomic mass is 19.4. The van der Waals surface area contributed by atoms with Crippen molar-refractivity contribution in [3.05, 3.63) is 17.3 Å². The Bertz CT molecular complexity index is 461. The first-order valence-corrected chi connectivity index (χ1v) is 4.47. The number of nitrogens with zero attached hydrogens (tertiary/aromatic N) is 1. The third-order valence-corrected chi connectivity index (χ3v) is 1.91. The summed E-state index contributed by atoms with van der Waals surface area (Å²) in [6.07, 6.45) is -5.37. The lowest BCUT2D eigenvalue weighted by atomic mass is 10.1. The summed E-state index contributed by atoms with van der Waals surface area (Å²) in [4.78, 5) is 13.5. The number of hydrogen-bond donors (Lipinski definition) is 2. The molecule has 0 aliphatic carbocycles. The van der Waals surface area contributed by atoms with E-state index in [1.54, 1.807) is 0 Å². The monoisotopic (exact) mass is 269 g/mol. The van der Waals surface area contributed by atoms with Gasteiger partial charge in [-0.25, -0.2) is 9.37 Å². The average Bonchev–Trinajstić information content (AvgIpc) is 2.20. The lowest BCUT2D eigenvalue weighted by molar-refractivity contribution is -0.276. The summed E-state index contributed by atoms with van der Waals surface area (Å²) in [6, 6.07) is 0. The van der Waals surface area contributed by atoms with Gasteiger partial charge in [-0.05, 0) is 0 Å². The second-order valence-electron chi connectivity index (χ2n) is 3.16. The van der Waals surface area contributed by atoms with Crippen LogP contribution in [0.15, 0.2) is 6.20 Å². The standard InChI is InChI=1S/C9H7F4NO4/c10-2-5-4(1-7(16)17)6(15)3-14-8(5)18-9(11,12)13/h3,15H,1-2H2,(H,16,17).